The summed E-state index contributed by atoms with van der Waals surface area (Å²) in [6.45, 7) is 0. The monoisotopic (exact) mass is 218 g/mol. The lowest BCUT2D eigenvalue weighted by Gasteiger charge is -2.08. The fourth-order valence-electron chi connectivity index (χ4n) is 2.00. The first kappa shape index (κ1) is 10.9. The van der Waals surface area contributed by atoms with E-state index in [0.717, 1.165) is 17.4 Å². The van der Waals surface area contributed by atoms with E-state index in [-0.39, 0.29) is 6.42 Å². The van der Waals surface area contributed by atoms with Gasteiger partial charge >= 0.3 is 5.97 Å². The van der Waals surface area contributed by atoms with E-state index in [1.165, 1.54) is 18.4 Å². The Morgan fingerprint density at radius 1 is 1.44 bits per heavy atom. The van der Waals surface area contributed by atoms with Crippen molar-refractivity contribution in [3.05, 3.63) is 34.9 Å². The molecule has 1 aliphatic carbocycles. The molecular formula is C13H14O3. The fraction of sp³-hybridized carbons (Fsp3) is 0.385. The smallest absolute Gasteiger partial charge is 0.307 e. The lowest BCUT2D eigenvalue weighted by Crippen LogP contribution is -2.02. The first-order valence-electron chi connectivity index (χ1n) is 5.48. The van der Waals surface area contributed by atoms with E-state index >= 15 is 0 Å². The second-order valence-corrected chi connectivity index (χ2v) is 4.25. The number of benzene rings is 1. The van der Waals surface area contributed by atoms with Crippen LogP contribution < -0.4 is 0 Å². The zero-order valence-electron chi connectivity index (χ0n) is 8.98. The zero-order valence-corrected chi connectivity index (χ0v) is 8.98. The van der Waals surface area contributed by atoms with Gasteiger partial charge in [-0.25, -0.2) is 0 Å². The van der Waals surface area contributed by atoms with Gasteiger partial charge in [-0.15, -0.1) is 0 Å². The number of hydrogen-bond donors (Lipinski definition) is 1. The summed E-state index contributed by atoms with van der Waals surface area (Å²) >= 11 is 0. The minimum Gasteiger partial charge on any atom is -0.481 e. The van der Waals surface area contributed by atoms with Crippen LogP contribution in [0.4, 0.5) is 0 Å². The Labute approximate surface area is 94.1 Å². The molecule has 1 aliphatic rings. The predicted octanol–water partition coefficient (Wildman–Crippen LogP) is 1.93. The van der Waals surface area contributed by atoms with Crippen LogP contribution in [0.15, 0.2) is 18.2 Å². The SMILES string of the molecule is O=CCc1cc(CC(=O)O)ccc1C1CC1. The fourth-order valence-corrected chi connectivity index (χ4v) is 2.00. The van der Waals surface area contributed by atoms with Crippen LogP contribution in [0.3, 0.4) is 0 Å². The lowest BCUT2D eigenvalue weighted by atomic mass is 9.97. The second kappa shape index (κ2) is 4.47. The Hall–Kier alpha value is -1.64. The minimum atomic E-state index is -0.837. The number of carbonyl (C=O) groups excluding carboxylic acids is 1. The van der Waals surface area contributed by atoms with Crippen LogP contribution in [0.25, 0.3) is 0 Å². The van der Waals surface area contributed by atoms with Crippen molar-refractivity contribution in [2.45, 2.75) is 31.6 Å². The molecule has 0 aliphatic heterocycles. The average Bonchev–Trinajstić information content (AvgIpc) is 3.01. The molecule has 1 aromatic rings. The quantitative estimate of drug-likeness (QED) is 0.768. The maximum Gasteiger partial charge on any atom is 0.307 e. The minimum absolute atomic E-state index is 0.0246. The van der Waals surface area contributed by atoms with E-state index in [0.29, 0.717) is 12.3 Å². The van der Waals surface area contributed by atoms with E-state index in [1.807, 2.05) is 18.2 Å². The molecule has 0 unspecified atom stereocenters. The van der Waals surface area contributed by atoms with Crippen molar-refractivity contribution >= 4 is 12.3 Å². The van der Waals surface area contributed by atoms with Crippen LogP contribution in [-0.4, -0.2) is 17.4 Å². The number of carbonyl (C=O) groups is 2. The molecule has 3 nitrogen and oxygen atoms in total. The molecule has 0 spiro atoms. The summed E-state index contributed by atoms with van der Waals surface area (Å²) in [7, 11) is 0. The normalized spacial score (nSPS) is 14.8. The number of aldehydes is 1. The van der Waals surface area contributed by atoms with Crippen LogP contribution in [0.2, 0.25) is 0 Å². The van der Waals surface area contributed by atoms with Crippen molar-refractivity contribution in [3.8, 4) is 0 Å². The molecule has 0 radical (unpaired) electrons. The Kier molecular flexibility index (Phi) is 3.04. The number of carboxylic acids is 1. The highest BCUT2D eigenvalue weighted by atomic mass is 16.4. The molecule has 1 N–H and O–H groups in total. The molecule has 2 rings (SSSR count). The predicted molar refractivity (Wildman–Crippen MR) is 59.5 cm³/mol. The van der Waals surface area contributed by atoms with Crippen molar-refractivity contribution in [1.82, 2.24) is 0 Å². The molecule has 0 amide bonds. The maximum atomic E-state index is 10.6. The Morgan fingerprint density at radius 2 is 2.19 bits per heavy atom. The molecule has 0 aromatic heterocycles. The summed E-state index contributed by atoms with van der Waals surface area (Å²) < 4.78 is 0. The summed E-state index contributed by atoms with van der Waals surface area (Å²) in [5.41, 5.74) is 2.99. The lowest BCUT2D eigenvalue weighted by molar-refractivity contribution is -0.136. The Balaban J connectivity index is 2.27. The van der Waals surface area contributed by atoms with Crippen LogP contribution in [-0.2, 0) is 22.4 Å². The molecule has 0 saturated heterocycles. The molecule has 84 valence electrons. The molecule has 16 heavy (non-hydrogen) atoms. The van der Waals surface area contributed by atoms with Crippen molar-refractivity contribution in [1.29, 1.82) is 0 Å². The van der Waals surface area contributed by atoms with Gasteiger partial charge in [0.05, 0.1) is 6.42 Å². The number of aliphatic carboxylic acids is 1. The van der Waals surface area contributed by atoms with Gasteiger partial charge in [0.25, 0.3) is 0 Å². The summed E-state index contributed by atoms with van der Waals surface area (Å²) in [5, 5.41) is 8.71. The van der Waals surface area contributed by atoms with Gasteiger partial charge in [0, 0.05) is 6.42 Å². The van der Waals surface area contributed by atoms with Crippen LogP contribution in [0, 0.1) is 0 Å². The van der Waals surface area contributed by atoms with Gasteiger partial charge < -0.3 is 9.90 Å². The molecule has 1 fully saturated rings. The van der Waals surface area contributed by atoms with Crippen molar-refractivity contribution < 1.29 is 14.7 Å². The van der Waals surface area contributed by atoms with Crippen molar-refractivity contribution in [2.24, 2.45) is 0 Å². The summed E-state index contributed by atoms with van der Waals surface area (Å²) in [6, 6.07) is 5.70. The van der Waals surface area contributed by atoms with Gasteiger partial charge in [0.1, 0.15) is 6.29 Å². The first-order chi connectivity index (χ1) is 7.70. The molecule has 3 heteroatoms. The number of carboxylic acid groups (broad SMARTS) is 1. The van der Waals surface area contributed by atoms with Gasteiger partial charge in [0.15, 0.2) is 0 Å². The van der Waals surface area contributed by atoms with Crippen molar-refractivity contribution in [3.63, 3.8) is 0 Å². The van der Waals surface area contributed by atoms with Gasteiger partial charge in [-0.3, -0.25) is 4.79 Å². The summed E-state index contributed by atoms with van der Waals surface area (Å²) in [4.78, 5) is 21.2. The topological polar surface area (TPSA) is 54.4 Å². The Morgan fingerprint density at radius 3 is 2.75 bits per heavy atom. The molecule has 0 atom stereocenters. The molecule has 0 heterocycles. The van der Waals surface area contributed by atoms with Gasteiger partial charge in [-0.05, 0) is 35.4 Å². The first-order valence-corrected chi connectivity index (χ1v) is 5.48. The summed E-state index contributed by atoms with van der Waals surface area (Å²) in [6.07, 6.45) is 3.66. The van der Waals surface area contributed by atoms with Crippen molar-refractivity contribution in [2.75, 3.05) is 0 Å². The zero-order chi connectivity index (χ0) is 11.5. The number of hydrogen-bond acceptors (Lipinski definition) is 2. The third-order valence-electron chi connectivity index (χ3n) is 2.88. The maximum absolute atomic E-state index is 10.6. The van der Waals surface area contributed by atoms with Crippen LogP contribution in [0.1, 0.15) is 35.4 Å². The van der Waals surface area contributed by atoms with Crippen LogP contribution in [0.5, 0.6) is 0 Å². The van der Waals surface area contributed by atoms with E-state index in [4.69, 9.17) is 5.11 Å². The third-order valence-corrected chi connectivity index (χ3v) is 2.88. The van der Waals surface area contributed by atoms with Gasteiger partial charge in [-0.1, -0.05) is 18.2 Å². The highest BCUT2D eigenvalue weighted by molar-refractivity contribution is 5.70. The second-order valence-electron chi connectivity index (χ2n) is 4.25. The molecule has 1 saturated carbocycles. The average molecular weight is 218 g/mol. The molecular weight excluding hydrogens is 204 g/mol. The van der Waals surface area contributed by atoms with E-state index in [2.05, 4.69) is 0 Å². The highest BCUT2D eigenvalue weighted by Crippen LogP contribution is 2.41. The summed E-state index contributed by atoms with van der Waals surface area (Å²) in [5.74, 6) is -0.245. The highest BCUT2D eigenvalue weighted by Gasteiger charge is 2.25. The Bertz CT molecular complexity index is 419. The van der Waals surface area contributed by atoms with Crippen LogP contribution >= 0.6 is 0 Å². The largest absolute Gasteiger partial charge is 0.481 e. The third kappa shape index (κ3) is 2.48. The van der Waals surface area contributed by atoms with E-state index in [9.17, 15) is 9.59 Å². The van der Waals surface area contributed by atoms with Gasteiger partial charge in [-0.2, -0.15) is 0 Å². The standard InChI is InChI=1S/C13H14O3/c14-6-5-11-7-9(8-13(15)16)1-4-12(11)10-2-3-10/h1,4,6-7,10H,2-3,5,8H2,(H,15,16). The van der Waals surface area contributed by atoms with E-state index in [1.54, 1.807) is 0 Å². The number of rotatable bonds is 5. The molecule has 1 aromatic carbocycles. The van der Waals surface area contributed by atoms with Gasteiger partial charge in [0.2, 0.25) is 0 Å². The van der Waals surface area contributed by atoms with E-state index < -0.39 is 5.97 Å². The molecule has 0 bridgehead atoms.